The van der Waals surface area contributed by atoms with E-state index in [1.54, 1.807) is 0 Å². The second kappa shape index (κ2) is 7.50. The zero-order chi connectivity index (χ0) is 14.4. The number of aromatic nitrogens is 2. The summed E-state index contributed by atoms with van der Waals surface area (Å²) in [6, 6.07) is 0.105. The highest BCUT2D eigenvalue weighted by atomic mass is 19.1. The van der Waals surface area contributed by atoms with Crippen LogP contribution < -0.4 is 10.6 Å². The molecule has 2 atom stereocenters. The first kappa shape index (κ1) is 15.1. The van der Waals surface area contributed by atoms with Crippen LogP contribution in [0.1, 0.15) is 25.2 Å². The molecule has 2 unspecified atom stereocenters. The summed E-state index contributed by atoms with van der Waals surface area (Å²) in [6.45, 7) is 5.34. The summed E-state index contributed by atoms with van der Waals surface area (Å²) in [5.41, 5.74) is 1.93. The van der Waals surface area contributed by atoms with Crippen LogP contribution in [0.2, 0.25) is 0 Å². The molecule has 0 radical (unpaired) electrons. The summed E-state index contributed by atoms with van der Waals surface area (Å²) < 4.78 is 17.7. The van der Waals surface area contributed by atoms with E-state index in [2.05, 4.69) is 34.4 Å². The highest BCUT2D eigenvalue weighted by Crippen LogP contribution is 2.16. The molecular formula is C14H23FN4O. The molecule has 2 rings (SSSR count). The maximum absolute atomic E-state index is 12.2. The number of nitrogens with one attached hydrogen (secondary N) is 2. The maximum atomic E-state index is 12.2. The summed E-state index contributed by atoms with van der Waals surface area (Å²) in [6.07, 6.45) is 3.49. The molecule has 0 spiro atoms. The molecule has 0 bridgehead atoms. The van der Waals surface area contributed by atoms with E-state index in [1.165, 1.54) is 0 Å². The monoisotopic (exact) mass is 282 g/mol. The van der Waals surface area contributed by atoms with Crippen molar-refractivity contribution < 1.29 is 9.13 Å². The summed E-state index contributed by atoms with van der Waals surface area (Å²) in [4.78, 5) is 9.06. The van der Waals surface area contributed by atoms with E-state index in [-0.39, 0.29) is 18.8 Å². The number of hydrogen-bond acceptors (Lipinski definition) is 5. The van der Waals surface area contributed by atoms with E-state index in [4.69, 9.17) is 4.74 Å². The topological polar surface area (TPSA) is 59.1 Å². The first-order valence-corrected chi connectivity index (χ1v) is 7.28. The lowest BCUT2D eigenvalue weighted by molar-refractivity contribution is 0.0515. The molecule has 1 aromatic heterocycles. The quantitative estimate of drug-likeness (QED) is 0.790. The van der Waals surface area contributed by atoms with Crippen LogP contribution in [-0.2, 0) is 17.6 Å². The number of nitrogens with zero attached hydrogens (tertiary/aromatic N) is 2. The van der Waals surface area contributed by atoms with Crippen molar-refractivity contribution in [3.8, 4) is 0 Å². The van der Waals surface area contributed by atoms with Gasteiger partial charge in [0.2, 0.25) is 0 Å². The Morgan fingerprint density at radius 1 is 1.40 bits per heavy atom. The fourth-order valence-electron chi connectivity index (χ4n) is 2.34. The normalized spacial score (nSPS) is 22.1. The summed E-state index contributed by atoms with van der Waals surface area (Å²) in [7, 11) is 0. The molecule has 1 aliphatic rings. The molecule has 112 valence electrons. The molecule has 0 amide bonds. The molecule has 0 aliphatic carbocycles. The lowest BCUT2D eigenvalue weighted by atomic mass is 10.2. The Kier molecular flexibility index (Phi) is 5.67. The van der Waals surface area contributed by atoms with E-state index in [9.17, 15) is 4.39 Å². The molecule has 1 saturated heterocycles. The number of hydrogen-bond donors (Lipinski definition) is 2. The third-order valence-corrected chi connectivity index (χ3v) is 3.49. The second-order valence-corrected chi connectivity index (χ2v) is 4.87. The minimum atomic E-state index is -0.450. The maximum Gasteiger partial charge on any atom is 0.148 e. The highest BCUT2D eigenvalue weighted by molar-refractivity contribution is 5.42. The van der Waals surface area contributed by atoms with Gasteiger partial charge < -0.3 is 15.4 Å². The van der Waals surface area contributed by atoms with Gasteiger partial charge in [0.05, 0.1) is 30.1 Å². The standard InChI is InChI=1S/C14H23FN4O/c1-3-10-7-17-11(4-2)14(18-10)19-12-8-16-9-13(12)20-6-5-15/h7,12-13,16H,3-6,8-9H2,1-2H3,(H,18,19). The number of ether oxygens (including phenoxy) is 1. The predicted octanol–water partition coefficient (Wildman–Crippen LogP) is 1.34. The first-order valence-electron chi connectivity index (χ1n) is 7.28. The lowest BCUT2D eigenvalue weighted by Gasteiger charge is -2.21. The van der Waals surface area contributed by atoms with E-state index in [0.717, 1.165) is 43.1 Å². The SMILES string of the molecule is CCc1cnc(CC)c(NC2CNCC2OCCF)n1. The van der Waals surface area contributed by atoms with Crippen molar-refractivity contribution in [2.75, 3.05) is 31.7 Å². The molecule has 1 aliphatic heterocycles. The number of halogens is 1. The van der Waals surface area contributed by atoms with E-state index < -0.39 is 6.67 Å². The third-order valence-electron chi connectivity index (χ3n) is 3.49. The molecular weight excluding hydrogens is 259 g/mol. The molecule has 0 saturated carbocycles. The lowest BCUT2D eigenvalue weighted by Crippen LogP contribution is -2.35. The van der Waals surface area contributed by atoms with Gasteiger partial charge in [-0.1, -0.05) is 13.8 Å². The van der Waals surface area contributed by atoms with Crippen LogP contribution in [0, 0.1) is 0 Å². The molecule has 20 heavy (non-hydrogen) atoms. The first-order chi connectivity index (χ1) is 9.78. The Balaban J connectivity index is 2.07. The number of aryl methyl sites for hydroxylation is 2. The van der Waals surface area contributed by atoms with Crippen molar-refractivity contribution in [1.82, 2.24) is 15.3 Å². The Bertz CT molecular complexity index is 430. The third kappa shape index (κ3) is 3.64. The van der Waals surface area contributed by atoms with Crippen LogP contribution in [0.15, 0.2) is 6.20 Å². The molecule has 5 nitrogen and oxygen atoms in total. The van der Waals surface area contributed by atoms with Gasteiger partial charge in [-0.05, 0) is 12.8 Å². The highest BCUT2D eigenvalue weighted by Gasteiger charge is 2.28. The van der Waals surface area contributed by atoms with Gasteiger partial charge in [-0.3, -0.25) is 4.98 Å². The van der Waals surface area contributed by atoms with Gasteiger partial charge in [0, 0.05) is 19.3 Å². The smallest absolute Gasteiger partial charge is 0.148 e. The minimum absolute atomic E-state index is 0.0254. The number of anilines is 1. The summed E-state index contributed by atoms with van der Waals surface area (Å²) in [5.74, 6) is 0.828. The van der Waals surface area contributed by atoms with Crippen molar-refractivity contribution >= 4 is 5.82 Å². The van der Waals surface area contributed by atoms with E-state index in [1.807, 2.05) is 6.20 Å². The van der Waals surface area contributed by atoms with Crippen LogP contribution in [-0.4, -0.2) is 48.5 Å². The van der Waals surface area contributed by atoms with Gasteiger partial charge >= 0.3 is 0 Å². The average molecular weight is 282 g/mol. The Morgan fingerprint density at radius 2 is 2.25 bits per heavy atom. The van der Waals surface area contributed by atoms with Gasteiger partial charge in [-0.25, -0.2) is 9.37 Å². The van der Waals surface area contributed by atoms with Crippen molar-refractivity contribution in [3.63, 3.8) is 0 Å². The zero-order valence-corrected chi connectivity index (χ0v) is 12.2. The Labute approximate surface area is 119 Å². The van der Waals surface area contributed by atoms with Gasteiger partial charge in [0.25, 0.3) is 0 Å². The van der Waals surface area contributed by atoms with Crippen molar-refractivity contribution in [2.45, 2.75) is 38.8 Å². The largest absolute Gasteiger partial charge is 0.372 e. The molecule has 2 N–H and O–H groups in total. The molecule has 2 heterocycles. The number of rotatable bonds is 7. The second-order valence-electron chi connectivity index (χ2n) is 4.87. The fraction of sp³-hybridized carbons (Fsp3) is 0.714. The van der Waals surface area contributed by atoms with Gasteiger partial charge in [-0.2, -0.15) is 0 Å². The summed E-state index contributed by atoms with van der Waals surface area (Å²) >= 11 is 0. The Morgan fingerprint density at radius 3 is 2.95 bits per heavy atom. The minimum Gasteiger partial charge on any atom is -0.372 e. The number of alkyl halides is 1. The molecule has 0 aromatic carbocycles. The van der Waals surface area contributed by atoms with E-state index >= 15 is 0 Å². The van der Waals surface area contributed by atoms with Crippen LogP contribution in [0.4, 0.5) is 10.2 Å². The predicted molar refractivity (Wildman–Crippen MR) is 76.8 cm³/mol. The Hall–Kier alpha value is -1.27. The average Bonchev–Trinajstić information content (AvgIpc) is 2.92. The van der Waals surface area contributed by atoms with Crippen molar-refractivity contribution in [1.29, 1.82) is 0 Å². The molecule has 1 fully saturated rings. The van der Waals surface area contributed by atoms with Crippen molar-refractivity contribution in [3.05, 3.63) is 17.6 Å². The van der Waals surface area contributed by atoms with Gasteiger partial charge in [0.1, 0.15) is 12.5 Å². The van der Waals surface area contributed by atoms with Crippen LogP contribution in [0.3, 0.4) is 0 Å². The van der Waals surface area contributed by atoms with Crippen molar-refractivity contribution in [2.24, 2.45) is 0 Å². The molecule has 6 heteroatoms. The fourth-order valence-corrected chi connectivity index (χ4v) is 2.34. The zero-order valence-electron chi connectivity index (χ0n) is 12.2. The van der Waals surface area contributed by atoms with Crippen LogP contribution in [0.25, 0.3) is 0 Å². The summed E-state index contributed by atoms with van der Waals surface area (Å²) in [5, 5.41) is 6.67. The van der Waals surface area contributed by atoms with Gasteiger partial charge in [0.15, 0.2) is 0 Å². The molecule has 1 aromatic rings. The van der Waals surface area contributed by atoms with Gasteiger partial charge in [-0.15, -0.1) is 0 Å². The van der Waals surface area contributed by atoms with Crippen LogP contribution >= 0.6 is 0 Å². The van der Waals surface area contributed by atoms with Crippen LogP contribution in [0.5, 0.6) is 0 Å². The van der Waals surface area contributed by atoms with E-state index in [0.29, 0.717) is 0 Å².